The van der Waals surface area contributed by atoms with E-state index in [1.807, 2.05) is 49.4 Å². The third-order valence-corrected chi connectivity index (χ3v) is 4.66. The third-order valence-electron chi connectivity index (χ3n) is 4.18. The fraction of sp³-hybridized carbons (Fsp3) is 0.211. The van der Waals surface area contributed by atoms with Crippen LogP contribution >= 0.6 is 23.2 Å². The van der Waals surface area contributed by atoms with Gasteiger partial charge in [0.25, 0.3) is 0 Å². The maximum atomic E-state index is 12.3. The Kier molecular flexibility index (Phi) is 4.83. The van der Waals surface area contributed by atoms with Gasteiger partial charge in [-0.15, -0.1) is 0 Å². The molecular formula is C19H17Cl2NO2. The first-order valence-electron chi connectivity index (χ1n) is 7.70. The lowest BCUT2D eigenvalue weighted by Crippen LogP contribution is -2.14. The molecule has 1 N–H and O–H groups in total. The van der Waals surface area contributed by atoms with Gasteiger partial charge in [0.2, 0.25) is 0 Å². The molecule has 0 aliphatic heterocycles. The molecule has 3 aromatic rings. The van der Waals surface area contributed by atoms with Crippen LogP contribution in [-0.4, -0.2) is 18.1 Å². The van der Waals surface area contributed by atoms with Crippen LogP contribution in [-0.2, 0) is 9.53 Å². The van der Waals surface area contributed by atoms with Crippen molar-refractivity contribution in [3.8, 4) is 11.3 Å². The molecule has 3 nitrogen and oxygen atoms in total. The van der Waals surface area contributed by atoms with E-state index in [1.165, 1.54) is 7.11 Å². The minimum atomic E-state index is -0.368. The zero-order valence-corrected chi connectivity index (χ0v) is 14.9. The van der Waals surface area contributed by atoms with Crippen molar-refractivity contribution in [3.63, 3.8) is 0 Å². The fourth-order valence-corrected chi connectivity index (χ4v) is 3.32. The Morgan fingerprint density at radius 2 is 1.79 bits per heavy atom. The quantitative estimate of drug-likeness (QED) is 0.595. The second kappa shape index (κ2) is 6.88. The summed E-state index contributed by atoms with van der Waals surface area (Å²) in [5.74, 6) is -0.624. The van der Waals surface area contributed by atoms with Gasteiger partial charge in [-0.2, -0.15) is 0 Å². The Labute approximate surface area is 150 Å². The molecule has 24 heavy (non-hydrogen) atoms. The Bertz CT molecular complexity index is 884. The van der Waals surface area contributed by atoms with Gasteiger partial charge in [-0.05, 0) is 47.9 Å². The van der Waals surface area contributed by atoms with Crippen LogP contribution in [0.25, 0.3) is 22.2 Å². The molecule has 0 saturated heterocycles. The summed E-state index contributed by atoms with van der Waals surface area (Å²) >= 11 is 12.2. The van der Waals surface area contributed by atoms with E-state index >= 15 is 0 Å². The Morgan fingerprint density at radius 3 is 2.42 bits per heavy atom. The van der Waals surface area contributed by atoms with Crippen molar-refractivity contribution in [3.05, 3.63) is 58.1 Å². The van der Waals surface area contributed by atoms with Gasteiger partial charge in [0.15, 0.2) is 0 Å². The maximum Gasteiger partial charge on any atom is 0.313 e. The van der Waals surface area contributed by atoms with Crippen molar-refractivity contribution >= 4 is 40.1 Å². The molecule has 3 rings (SSSR count). The van der Waals surface area contributed by atoms with Gasteiger partial charge in [0, 0.05) is 20.9 Å². The van der Waals surface area contributed by atoms with Gasteiger partial charge in [-0.25, -0.2) is 0 Å². The van der Waals surface area contributed by atoms with Crippen LogP contribution in [0.5, 0.6) is 0 Å². The number of carbonyl (C=O) groups excluding carboxylic acids is 1. The zero-order chi connectivity index (χ0) is 17.3. The number of esters is 1. The van der Waals surface area contributed by atoms with Crippen LogP contribution in [0.15, 0.2) is 42.5 Å². The highest BCUT2D eigenvalue weighted by molar-refractivity contribution is 6.31. The molecule has 0 spiro atoms. The lowest BCUT2D eigenvalue weighted by Gasteiger charge is -2.15. The summed E-state index contributed by atoms with van der Waals surface area (Å²) in [7, 11) is 1.41. The molecule has 1 unspecified atom stereocenters. The van der Waals surface area contributed by atoms with E-state index in [2.05, 4.69) is 4.98 Å². The number of aromatic amines is 1. The molecule has 124 valence electrons. The molecule has 0 amide bonds. The Balaban J connectivity index is 2.29. The molecule has 1 aromatic heterocycles. The summed E-state index contributed by atoms with van der Waals surface area (Å²) < 4.78 is 5.01. The molecular weight excluding hydrogens is 345 g/mol. The number of H-pyrrole nitrogens is 1. The highest BCUT2D eigenvalue weighted by atomic mass is 35.5. The molecule has 2 aromatic carbocycles. The van der Waals surface area contributed by atoms with Gasteiger partial charge < -0.3 is 9.72 Å². The molecule has 0 aliphatic rings. The van der Waals surface area contributed by atoms with Crippen LogP contribution in [0.4, 0.5) is 0 Å². The molecule has 0 saturated carbocycles. The highest BCUT2D eigenvalue weighted by Crippen LogP contribution is 2.38. The van der Waals surface area contributed by atoms with Crippen molar-refractivity contribution in [1.29, 1.82) is 0 Å². The molecule has 1 heterocycles. The summed E-state index contributed by atoms with van der Waals surface area (Å²) in [6, 6.07) is 13.2. The standard InChI is InChI=1S/C19H17Cl2NO2/c1-3-14(19(23)24-2)17-15-10-13(21)8-9-16(15)22-18(17)11-4-6-12(20)7-5-11/h4-10,14,22H,3H2,1-2H3. The summed E-state index contributed by atoms with van der Waals surface area (Å²) in [5, 5.41) is 2.23. The average molecular weight is 362 g/mol. The Morgan fingerprint density at radius 1 is 1.12 bits per heavy atom. The molecule has 0 radical (unpaired) electrons. The van der Waals surface area contributed by atoms with Crippen LogP contribution in [0.1, 0.15) is 24.8 Å². The number of halogens is 2. The predicted octanol–water partition coefficient (Wildman–Crippen LogP) is 5.81. The second-order valence-electron chi connectivity index (χ2n) is 5.59. The smallest absolute Gasteiger partial charge is 0.313 e. The summed E-state index contributed by atoms with van der Waals surface area (Å²) in [5.41, 5.74) is 3.69. The van der Waals surface area contributed by atoms with E-state index in [0.717, 1.165) is 27.7 Å². The maximum absolute atomic E-state index is 12.3. The largest absolute Gasteiger partial charge is 0.469 e. The van der Waals surface area contributed by atoms with E-state index in [4.69, 9.17) is 27.9 Å². The van der Waals surface area contributed by atoms with E-state index in [0.29, 0.717) is 16.5 Å². The zero-order valence-electron chi connectivity index (χ0n) is 13.4. The van der Waals surface area contributed by atoms with Gasteiger partial charge in [-0.1, -0.05) is 42.3 Å². The molecule has 0 bridgehead atoms. The first-order valence-corrected chi connectivity index (χ1v) is 8.45. The van der Waals surface area contributed by atoms with Gasteiger partial charge >= 0.3 is 5.97 Å². The van der Waals surface area contributed by atoms with Crippen LogP contribution in [0.3, 0.4) is 0 Å². The molecule has 0 aliphatic carbocycles. The number of benzene rings is 2. The van der Waals surface area contributed by atoms with E-state index in [-0.39, 0.29) is 11.9 Å². The average Bonchev–Trinajstić information content (AvgIpc) is 2.94. The topological polar surface area (TPSA) is 42.1 Å². The SMILES string of the molecule is CCC(C(=O)OC)c1c(-c2ccc(Cl)cc2)[nH]c2ccc(Cl)cc12. The summed E-state index contributed by atoms with van der Waals surface area (Å²) in [6.45, 7) is 1.97. The highest BCUT2D eigenvalue weighted by Gasteiger charge is 2.27. The number of rotatable bonds is 4. The molecule has 0 fully saturated rings. The number of fused-ring (bicyclic) bond motifs is 1. The van der Waals surface area contributed by atoms with Gasteiger partial charge in [0.05, 0.1) is 18.7 Å². The predicted molar refractivity (Wildman–Crippen MR) is 98.8 cm³/mol. The first kappa shape index (κ1) is 16.9. The number of carbonyl (C=O) groups is 1. The van der Waals surface area contributed by atoms with Crippen molar-refractivity contribution < 1.29 is 9.53 Å². The number of hydrogen-bond donors (Lipinski definition) is 1. The number of nitrogens with one attached hydrogen (secondary N) is 1. The first-order chi connectivity index (χ1) is 11.5. The summed E-state index contributed by atoms with van der Waals surface area (Å²) in [4.78, 5) is 15.7. The van der Waals surface area contributed by atoms with Crippen molar-refractivity contribution in [2.24, 2.45) is 0 Å². The monoisotopic (exact) mass is 361 g/mol. The number of hydrogen-bond acceptors (Lipinski definition) is 2. The van der Waals surface area contributed by atoms with Crippen LogP contribution in [0.2, 0.25) is 10.0 Å². The molecule has 5 heteroatoms. The van der Waals surface area contributed by atoms with Crippen molar-refractivity contribution in [1.82, 2.24) is 4.98 Å². The van der Waals surface area contributed by atoms with Gasteiger partial charge in [-0.3, -0.25) is 4.79 Å². The van der Waals surface area contributed by atoms with Crippen molar-refractivity contribution in [2.45, 2.75) is 19.3 Å². The lowest BCUT2D eigenvalue weighted by atomic mass is 9.91. The minimum Gasteiger partial charge on any atom is -0.469 e. The number of ether oxygens (including phenoxy) is 1. The second-order valence-corrected chi connectivity index (χ2v) is 6.47. The minimum absolute atomic E-state index is 0.256. The van der Waals surface area contributed by atoms with Crippen LogP contribution in [0, 0.1) is 0 Å². The number of aromatic nitrogens is 1. The van der Waals surface area contributed by atoms with Crippen LogP contribution < -0.4 is 0 Å². The van der Waals surface area contributed by atoms with E-state index < -0.39 is 0 Å². The van der Waals surface area contributed by atoms with Gasteiger partial charge in [0.1, 0.15) is 0 Å². The van der Waals surface area contributed by atoms with Crippen molar-refractivity contribution in [2.75, 3.05) is 7.11 Å². The lowest BCUT2D eigenvalue weighted by molar-refractivity contribution is -0.142. The number of methoxy groups -OCH3 is 1. The fourth-order valence-electron chi connectivity index (χ4n) is 3.02. The van der Waals surface area contributed by atoms with E-state index in [9.17, 15) is 4.79 Å². The van der Waals surface area contributed by atoms with E-state index in [1.54, 1.807) is 0 Å². The normalized spacial score (nSPS) is 12.3. The molecule has 1 atom stereocenters. The third kappa shape index (κ3) is 3.02. The Hall–Kier alpha value is -1.97. The summed E-state index contributed by atoms with van der Waals surface area (Å²) in [6.07, 6.45) is 0.632.